The Morgan fingerprint density at radius 1 is 1.60 bits per heavy atom. The molecule has 104 valence electrons. The maximum Gasteiger partial charge on any atom is 0.328 e. The average molecular weight is 273 g/mol. The van der Waals surface area contributed by atoms with Crippen LogP contribution >= 0.6 is 0 Å². The number of nitrogens with zero attached hydrogens (tertiary/aromatic N) is 3. The van der Waals surface area contributed by atoms with Crippen molar-refractivity contribution in [3.05, 3.63) is 35.7 Å². The van der Waals surface area contributed by atoms with Crippen molar-refractivity contribution in [1.29, 1.82) is 5.26 Å². The van der Waals surface area contributed by atoms with Crippen molar-refractivity contribution in [2.45, 2.75) is 19.4 Å². The van der Waals surface area contributed by atoms with E-state index in [1.807, 2.05) is 6.07 Å². The molecule has 0 fully saturated rings. The Bertz CT molecular complexity index is 575. The van der Waals surface area contributed by atoms with Crippen molar-refractivity contribution in [2.24, 2.45) is 0 Å². The maximum absolute atomic E-state index is 12.3. The van der Waals surface area contributed by atoms with E-state index < -0.39 is 5.97 Å². The summed E-state index contributed by atoms with van der Waals surface area (Å²) >= 11 is 0. The molecule has 1 N–H and O–H groups in total. The van der Waals surface area contributed by atoms with Crippen LogP contribution < -0.4 is 0 Å². The molecule has 0 aliphatic heterocycles. The zero-order chi connectivity index (χ0) is 15.1. The maximum atomic E-state index is 12.3. The summed E-state index contributed by atoms with van der Waals surface area (Å²) in [5, 5.41) is 17.3. The third-order valence-electron chi connectivity index (χ3n) is 2.86. The third-order valence-corrected chi connectivity index (χ3v) is 2.86. The van der Waals surface area contributed by atoms with Crippen LogP contribution in [0.25, 0.3) is 6.08 Å². The van der Waals surface area contributed by atoms with Gasteiger partial charge in [-0.15, -0.1) is 0 Å². The molecule has 1 heterocycles. The summed E-state index contributed by atoms with van der Waals surface area (Å²) in [7, 11) is 1.61. The summed E-state index contributed by atoms with van der Waals surface area (Å²) < 4.78 is 0. The molecule has 0 radical (unpaired) electrons. The highest BCUT2D eigenvalue weighted by Crippen LogP contribution is 2.14. The summed E-state index contributed by atoms with van der Waals surface area (Å²) in [5.74, 6) is -1.38. The van der Waals surface area contributed by atoms with Gasteiger partial charge in [-0.05, 0) is 19.1 Å². The number of aliphatic carboxylic acids is 1. The molecule has 1 aromatic heterocycles. The topological polar surface area (TPSA) is 94.3 Å². The van der Waals surface area contributed by atoms with Gasteiger partial charge in [0.15, 0.2) is 0 Å². The van der Waals surface area contributed by atoms with Gasteiger partial charge in [-0.2, -0.15) is 5.26 Å². The predicted octanol–water partition coefficient (Wildman–Crippen LogP) is 1.55. The number of aromatic nitrogens is 1. The lowest BCUT2D eigenvalue weighted by molar-refractivity contribution is -0.131. The Morgan fingerprint density at radius 2 is 2.30 bits per heavy atom. The molecule has 1 rings (SSSR count). The van der Waals surface area contributed by atoms with E-state index >= 15 is 0 Å². The summed E-state index contributed by atoms with van der Waals surface area (Å²) in [6.07, 6.45) is 5.40. The number of hydrogen-bond donors (Lipinski definition) is 1. The number of rotatable bonds is 5. The summed E-state index contributed by atoms with van der Waals surface area (Å²) in [6.45, 7) is 1.77. The first-order valence-corrected chi connectivity index (χ1v) is 5.96. The van der Waals surface area contributed by atoms with Crippen LogP contribution in [0.15, 0.2) is 24.5 Å². The van der Waals surface area contributed by atoms with E-state index in [-0.39, 0.29) is 18.4 Å². The van der Waals surface area contributed by atoms with Crippen LogP contribution in [0.4, 0.5) is 0 Å². The fourth-order valence-electron chi connectivity index (χ4n) is 1.55. The number of amides is 1. The van der Waals surface area contributed by atoms with Crippen LogP contribution in [0.3, 0.4) is 0 Å². The Balaban J connectivity index is 3.04. The predicted molar refractivity (Wildman–Crippen MR) is 72.7 cm³/mol. The van der Waals surface area contributed by atoms with Crippen LogP contribution in [0.2, 0.25) is 0 Å². The molecule has 1 unspecified atom stereocenters. The minimum Gasteiger partial charge on any atom is -0.478 e. The van der Waals surface area contributed by atoms with E-state index in [4.69, 9.17) is 10.4 Å². The monoisotopic (exact) mass is 273 g/mol. The van der Waals surface area contributed by atoms with Gasteiger partial charge in [0.25, 0.3) is 5.91 Å². The van der Waals surface area contributed by atoms with Crippen LogP contribution in [-0.2, 0) is 4.79 Å². The van der Waals surface area contributed by atoms with Crippen molar-refractivity contribution in [3.63, 3.8) is 0 Å². The molecule has 6 heteroatoms. The highest BCUT2D eigenvalue weighted by Gasteiger charge is 2.19. The number of nitriles is 1. The van der Waals surface area contributed by atoms with Crippen molar-refractivity contribution >= 4 is 18.0 Å². The van der Waals surface area contributed by atoms with E-state index in [9.17, 15) is 9.59 Å². The van der Waals surface area contributed by atoms with E-state index in [0.717, 1.165) is 6.08 Å². The fourth-order valence-corrected chi connectivity index (χ4v) is 1.55. The molecule has 0 spiro atoms. The van der Waals surface area contributed by atoms with Gasteiger partial charge >= 0.3 is 5.97 Å². The normalized spacial score (nSPS) is 11.8. The van der Waals surface area contributed by atoms with E-state index in [1.54, 1.807) is 14.0 Å². The number of carboxylic acid groups (broad SMARTS) is 1. The third kappa shape index (κ3) is 3.92. The quantitative estimate of drug-likeness (QED) is 0.821. The Hall–Kier alpha value is -2.68. The molecule has 1 amide bonds. The lowest BCUT2D eigenvalue weighted by Crippen LogP contribution is -2.35. The van der Waals surface area contributed by atoms with Gasteiger partial charge < -0.3 is 10.0 Å². The van der Waals surface area contributed by atoms with E-state index in [0.29, 0.717) is 11.1 Å². The standard InChI is InChI=1S/C14H15N3O3/c1-10(5-7-15)17(2)14(20)12-6-8-16-9-11(12)3-4-13(18)19/h3-4,6,8-10H,5H2,1-2H3,(H,18,19). The van der Waals surface area contributed by atoms with Crippen LogP contribution in [0.5, 0.6) is 0 Å². The number of carboxylic acids is 1. The second kappa shape index (κ2) is 7.04. The first kappa shape index (κ1) is 15.4. The molecule has 6 nitrogen and oxygen atoms in total. The lowest BCUT2D eigenvalue weighted by Gasteiger charge is -2.23. The second-order valence-electron chi connectivity index (χ2n) is 4.26. The molecule has 0 aromatic carbocycles. The van der Waals surface area contributed by atoms with Gasteiger partial charge in [-0.25, -0.2) is 4.79 Å². The van der Waals surface area contributed by atoms with Crippen LogP contribution in [0.1, 0.15) is 29.3 Å². The van der Waals surface area contributed by atoms with E-state index in [1.165, 1.54) is 29.4 Å². The van der Waals surface area contributed by atoms with Gasteiger partial charge in [0.2, 0.25) is 0 Å². The Kier molecular flexibility index (Phi) is 5.42. The summed E-state index contributed by atoms with van der Waals surface area (Å²) in [5.41, 5.74) is 0.778. The molecule has 0 aliphatic rings. The van der Waals surface area contributed by atoms with Crippen LogP contribution in [0, 0.1) is 11.3 Å². The zero-order valence-electron chi connectivity index (χ0n) is 11.3. The van der Waals surface area contributed by atoms with Gasteiger partial charge in [-0.3, -0.25) is 9.78 Å². The molecule has 0 saturated carbocycles. The fraction of sp³-hybridized carbons (Fsp3) is 0.286. The average Bonchev–Trinajstić information content (AvgIpc) is 2.44. The van der Waals surface area contributed by atoms with Gasteiger partial charge in [-0.1, -0.05) is 0 Å². The molecule has 1 aromatic rings. The zero-order valence-corrected chi connectivity index (χ0v) is 11.3. The minimum absolute atomic E-state index is 0.225. The SMILES string of the molecule is CC(CC#N)N(C)C(=O)c1ccncc1C=CC(=O)O. The second-order valence-corrected chi connectivity index (χ2v) is 4.26. The van der Waals surface area contributed by atoms with Gasteiger partial charge in [0, 0.05) is 42.7 Å². The smallest absolute Gasteiger partial charge is 0.328 e. The first-order valence-electron chi connectivity index (χ1n) is 5.96. The highest BCUT2D eigenvalue weighted by molar-refractivity contribution is 5.98. The molecular formula is C14H15N3O3. The van der Waals surface area contributed by atoms with Crippen molar-refractivity contribution in [1.82, 2.24) is 9.88 Å². The van der Waals surface area contributed by atoms with Crippen molar-refractivity contribution in [3.8, 4) is 6.07 Å². The molecule has 0 saturated heterocycles. The van der Waals surface area contributed by atoms with Crippen LogP contribution in [-0.4, -0.2) is 40.0 Å². The number of hydrogen-bond acceptors (Lipinski definition) is 4. The van der Waals surface area contributed by atoms with Gasteiger partial charge in [0.05, 0.1) is 12.5 Å². The molecule has 1 atom stereocenters. The molecule has 0 bridgehead atoms. The molecule has 0 aliphatic carbocycles. The summed E-state index contributed by atoms with van der Waals surface area (Å²) in [6, 6.07) is 3.31. The molecule has 20 heavy (non-hydrogen) atoms. The number of carbonyl (C=O) groups is 2. The first-order chi connectivity index (χ1) is 9.47. The highest BCUT2D eigenvalue weighted by atomic mass is 16.4. The van der Waals surface area contributed by atoms with Gasteiger partial charge in [0.1, 0.15) is 0 Å². The minimum atomic E-state index is -1.10. The number of carbonyl (C=O) groups excluding carboxylic acids is 1. The Labute approximate surface area is 117 Å². The Morgan fingerprint density at radius 3 is 2.90 bits per heavy atom. The largest absolute Gasteiger partial charge is 0.478 e. The lowest BCUT2D eigenvalue weighted by atomic mass is 10.1. The van der Waals surface area contributed by atoms with Crippen molar-refractivity contribution < 1.29 is 14.7 Å². The van der Waals surface area contributed by atoms with E-state index in [2.05, 4.69) is 4.98 Å². The molecular weight excluding hydrogens is 258 g/mol. The number of pyridine rings is 1. The van der Waals surface area contributed by atoms with Crippen molar-refractivity contribution in [2.75, 3.05) is 7.05 Å². The summed E-state index contributed by atoms with van der Waals surface area (Å²) in [4.78, 5) is 28.2.